The molecular formula is C27H34N4O3. The maximum Gasteiger partial charge on any atom is 0.253 e. The average Bonchev–Trinajstić information content (AvgIpc) is 3.52. The molecule has 5 rings (SSSR count). The molecule has 0 radical (unpaired) electrons. The second-order valence-corrected chi connectivity index (χ2v) is 10.2. The molecule has 2 saturated heterocycles. The van der Waals surface area contributed by atoms with Crippen LogP contribution < -0.4 is 10.6 Å². The lowest BCUT2D eigenvalue weighted by Gasteiger charge is -2.27. The maximum absolute atomic E-state index is 12.8. The van der Waals surface area contributed by atoms with Crippen LogP contribution in [0.5, 0.6) is 0 Å². The average molecular weight is 463 g/mol. The van der Waals surface area contributed by atoms with Crippen molar-refractivity contribution < 1.29 is 14.6 Å². The van der Waals surface area contributed by atoms with E-state index in [1.807, 2.05) is 12.3 Å². The number of benzene rings is 1. The van der Waals surface area contributed by atoms with Gasteiger partial charge in [0.25, 0.3) is 5.91 Å². The lowest BCUT2D eigenvalue weighted by atomic mass is 9.84. The summed E-state index contributed by atoms with van der Waals surface area (Å²) >= 11 is 0. The molecule has 2 aliphatic rings. The molecule has 7 heteroatoms. The first-order valence-corrected chi connectivity index (χ1v) is 12.3. The van der Waals surface area contributed by atoms with Crippen LogP contribution in [0.25, 0.3) is 22.2 Å². The van der Waals surface area contributed by atoms with E-state index in [4.69, 9.17) is 4.74 Å². The van der Waals surface area contributed by atoms with E-state index in [0.717, 1.165) is 55.5 Å². The van der Waals surface area contributed by atoms with Gasteiger partial charge < -0.3 is 25.5 Å². The van der Waals surface area contributed by atoms with Gasteiger partial charge in [-0.1, -0.05) is 12.1 Å². The number of rotatable bonds is 6. The summed E-state index contributed by atoms with van der Waals surface area (Å²) < 4.78 is 5.61. The topological polar surface area (TPSA) is 99.3 Å². The number of pyridine rings is 1. The highest BCUT2D eigenvalue weighted by Crippen LogP contribution is 2.37. The number of nitrogens with zero attached hydrogens (tertiary/aromatic N) is 1. The summed E-state index contributed by atoms with van der Waals surface area (Å²) in [6.45, 7) is 6.23. The normalized spacial score (nSPS) is 19.6. The Hall–Kier alpha value is -2.74. The van der Waals surface area contributed by atoms with Crippen LogP contribution in [-0.4, -0.2) is 52.9 Å². The van der Waals surface area contributed by atoms with Gasteiger partial charge in [-0.3, -0.25) is 4.79 Å². The van der Waals surface area contributed by atoms with Gasteiger partial charge in [0.05, 0.1) is 11.2 Å². The first kappa shape index (κ1) is 23.0. The summed E-state index contributed by atoms with van der Waals surface area (Å²) in [7, 11) is 0. The highest BCUT2D eigenvalue weighted by Gasteiger charge is 2.25. The summed E-state index contributed by atoms with van der Waals surface area (Å²) in [5.41, 5.74) is 5.16. The molecule has 7 nitrogen and oxygen atoms in total. The molecule has 2 fully saturated rings. The Morgan fingerprint density at radius 1 is 1.18 bits per heavy atom. The van der Waals surface area contributed by atoms with Crippen molar-refractivity contribution in [2.75, 3.05) is 26.3 Å². The lowest BCUT2D eigenvalue weighted by Crippen LogP contribution is -2.38. The number of nitrogens with one attached hydrogen (secondary N) is 3. The van der Waals surface area contributed by atoms with Crippen LogP contribution in [0.2, 0.25) is 0 Å². The number of amides is 1. The van der Waals surface area contributed by atoms with Crippen LogP contribution in [0.3, 0.4) is 0 Å². The van der Waals surface area contributed by atoms with Gasteiger partial charge in [-0.2, -0.15) is 0 Å². The minimum atomic E-state index is -0.970. The first-order valence-electron chi connectivity index (χ1n) is 12.3. The van der Waals surface area contributed by atoms with Crippen molar-refractivity contribution >= 4 is 16.9 Å². The van der Waals surface area contributed by atoms with Gasteiger partial charge in [-0.15, -0.1) is 0 Å². The maximum atomic E-state index is 12.8. The number of aliphatic hydroxyl groups is 1. The van der Waals surface area contributed by atoms with E-state index < -0.39 is 5.60 Å². The molecule has 4 N–H and O–H groups in total. The minimum Gasteiger partial charge on any atom is -0.389 e. The zero-order valence-electron chi connectivity index (χ0n) is 20.0. The molecule has 1 amide bonds. The van der Waals surface area contributed by atoms with E-state index in [9.17, 15) is 9.90 Å². The molecule has 0 spiro atoms. The first-order chi connectivity index (χ1) is 16.4. The van der Waals surface area contributed by atoms with Gasteiger partial charge in [-0.25, -0.2) is 4.98 Å². The number of hydrogen-bond acceptors (Lipinski definition) is 5. The molecule has 180 valence electrons. The second kappa shape index (κ2) is 9.49. The monoisotopic (exact) mass is 462 g/mol. The summed E-state index contributed by atoms with van der Waals surface area (Å²) in [5.74, 6) is 0.314. The Bertz CT molecular complexity index is 1170. The molecule has 0 bridgehead atoms. The van der Waals surface area contributed by atoms with E-state index in [0.29, 0.717) is 23.2 Å². The summed E-state index contributed by atoms with van der Waals surface area (Å²) in [5, 5.41) is 17.2. The predicted octanol–water partition coefficient (Wildman–Crippen LogP) is 4.05. The summed E-state index contributed by atoms with van der Waals surface area (Å²) in [6.07, 6.45) is 8.04. The van der Waals surface area contributed by atoms with Gasteiger partial charge in [0.2, 0.25) is 0 Å². The Kier molecular flexibility index (Phi) is 6.42. The van der Waals surface area contributed by atoms with Crippen LogP contribution in [0.4, 0.5) is 0 Å². The van der Waals surface area contributed by atoms with Crippen molar-refractivity contribution in [3.05, 3.63) is 53.3 Å². The molecule has 1 atom stereocenters. The van der Waals surface area contributed by atoms with Crippen molar-refractivity contribution in [2.24, 2.45) is 0 Å². The number of aromatic amines is 1. The highest BCUT2D eigenvalue weighted by atomic mass is 16.5. The van der Waals surface area contributed by atoms with E-state index in [1.165, 1.54) is 17.5 Å². The third-order valence-electron chi connectivity index (χ3n) is 6.97. The number of carbonyl (C=O) groups excluding carboxylic acids is 1. The zero-order chi connectivity index (χ0) is 23.7. The zero-order valence-corrected chi connectivity index (χ0v) is 20.0. The smallest absolute Gasteiger partial charge is 0.253 e. The molecule has 0 unspecified atom stereocenters. The summed E-state index contributed by atoms with van der Waals surface area (Å²) in [4.78, 5) is 20.5. The third kappa shape index (κ3) is 4.87. The Balaban J connectivity index is 1.49. The molecule has 0 saturated carbocycles. The van der Waals surface area contributed by atoms with Crippen molar-refractivity contribution in [1.82, 2.24) is 20.6 Å². The Labute approximate surface area is 200 Å². The highest BCUT2D eigenvalue weighted by molar-refractivity contribution is 6.06. The molecule has 2 aromatic heterocycles. The molecule has 2 aliphatic heterocycles. The number of ether oxygens (including phenoxy) is 1. The van der Waals surface area contributed by atoms with Gasteiger partial charge in [0.1, 0.15) is 5.65 Å². The van der Waals surface area contributed by atoms with Crippen LogP contribution in [0.15, 0.2) is 36.7 Å². The number of carbonyl (C=O) groups is 1. The fraction of sp³-hybridized carbons (Fsp3) is 0.481. The summed E-state index contributed by atoms with van der Waals surface area (Å²) in [6, 6.07) is 9.21. The molecule has 4 heterocycles. The van der Waals surface area contributed by atoms with Crippen LogP contribution in [0.1, 0.15) is 73.0 Å². The van der Waals surface area contributed by atoms with Gasteiger partial charge in [0.15, 0.2) is 0 Å². The molecule has 3 aromatic rings. The number of hydrogen-bond donors (Lipinski definition) is 4. The fourth-order valence-corrected chi connectivity index (χ4v) is 5.13. The van der Waals surface area contributed by atoms with Crippen molar-refractivity contribution in [3.63, 3.8) is 0 Å². The molecule has 0 aliphatic carbocycles. The number of aromatic nitrogens is 2. The van der Waals surface area contributed by atoms with Crippen molar-refractivity contribution in [1.29, 1.82) is 0 Å². The Morgan fingerprint density at radius 2 is 2.00 bits per heavy atom. The predicted molar refractivity (Wildman–Crippen MR) is 133 cm³/mol. The van der Waals surface area contributed by atoms with E-state index >= 15 is 0 Å². The standard InChI is InChI=1S/C27H34N4O3/c1-27(2,33)16-31-26(32)23-15-30-25-22(23)13-19(14-29-25)18-5-6-20(17-7-10-34-11-8-17)21(12-18)24-4-3-9-28-24/h5-6,12-15,17,24,28,33H,3-4,7-11,16H2,1-2H3,(H,29,30)(H,31,32)/t24-/m1/s1. The number of H-pyrrole nitrogens is 1. The number of fused-ring (bicyclic) bond motifs is 1. The van der Waals surface area contributed by atoms with Gasteiger partial charge >= 0.3 is 0 Å². The SMILES string of the molecule is CC(C)(O)CNC(=O)c1c[nH]c2ncc(-c3ccc(C4CCOCC4)c([C@H]4CCCN4)c3)cc12. The van der Waals surface area contributed by atoms with E-state index in [2.05, 4.69) is 38.8 Å². The van der Waals surface area contributed by atoms with Gasteiger partial charge in [-0.05, 0) is 80.8 Å². The van der Waals surface area contributed by atoms with Crippen LogP contribution >= 0.6 is 0 Å². The van der Waals surface area contributed by atoms with E-state index in [1.54, 1.807) is 20.0 Å². The quantitative estimate of drug-likeness (QED) is 0.443. The minimum absolute atomic E-state index is 0.178. The van der Waals surface area contributed by atoms with Gasteiger partial charge in [0, 0.05) is 49.1 Å². The molecule has 34 heavy (non-hydrogen) atoms. The third-order valence-corrected chi connectivity index (χ3v) is 6.97. The van der Waals surface area contributed by atoms with Crippen LogP contribution in [0, 0.1) is 0 Å². The molecular weight excluding hydrogens is 428 g/mol. The fourth-order valence-electron chi connectivity index (χ4n) is 5.13. The lowest BCUT2D eigenvalue weighted by molar-refractivity contribution is 0.0695. The van der Waals surface area contributed by atoms with Crippen molar-refractivity contribution in [3.8, 4) is 11.1 Å². The Morgan fingerprint density at radius 3 is 2.74 bits per heavy atom. The second-order valence-electron chi connectivity index (χ2n) is 10.2. The molecule has 1 aromatic carbocycles. The van der Waals surface area contributed by atoms with Crippen molar-refractivity contribution in [2.45, 2.75) is 57.1 Å². The largest absolute Gasteiger partial charge is 0.389 e. The van der Waals surface area contributed by atoms with Crippen LogP contribution in [-0.2, 0) is 4.74 Å². The van der Waals surface area contributed by atoms with E-state index in [-0.39, 0.29) is 12.5 Å².